The standard InChI is InChI=1S/C18H24O4P2/c19-23(20,17-11-5-3-6-12-17)15-9-1-2-10-16-24(21,22)18-13-7-4-8-14-18/h3-8,11-14H,1-2,9-10,15-16H2,(H,19,20)(H,21,22). The first-order valence-electron chi connectivity index (χ1n) is 8.17. The van der Waals surface area contributed by atoms with E-state index in [2.05, 4.69) is 0 Å². The van der Waals surface area contributed by atoms with Gasteiger partial charge in [0, 0.05) is 22.9 Å². The van der Waals surface area contributed by atoms with Gasteiger partial charge in [0.25, 0.3) is 0 Å². The Bertz CT molecular complexity index is 653. The van der Waals surface area contributed by atoms with Crippen LogP contribution in [0.5, 0.6) is 0 Å². The average Bonchev–Trinajstić information content (AvgIpc) is 2.59. The zero-order valence-corrected chi connectivity index (χ0v) is 15.4. The lowest BCUT2D eigenvalue weighted by Gasteiger charge is -2.13. The Morgan fingerprint density at radius 1 is 0.583 bits per heavy atom. The monoisotopic (exact) mass is 366 g/mol. The van der Waals surface area contributed by atoms with Crippen molar-refractivity contribution in [3.05, 3.63) is 60.7 Å². The van der Waals surface area contributed by atoms with Crippen LogP contribution in [0.3, 0.4) is 0 Å². The highest BCUT2D eigenvalue weighted by molar-refractivity contribution is 7.66. The molecule has 0 spiro atoms. The molecule has 0 aliphatic rings. The van der Waals surface area contributed by atoms with Crippen LogP contribution in [0.15, 0.2) is 60.7 Å². The van der Waals surface area contributed by atoms with E-state index < -0.39 is 14.7 Å². The maximum Gasteiger partial charge on any atom is 0.229 e. The minimum absolute atomic E-state index is 0.256. The van der Waals surface area contributed by atoms with Gasteiger partial charge in [0.1, 0.15) is 0 Å². The van der Waals surface area contributed by atoms with Gasteiger partial charge in [0.2, 0.25) is 14.7 Å². The lowest BCUT2D eigenvalue weighted by Crippen LogP contribution is -2.07. The molecular formula is C18H24O4P2. The second-order valence-electron chi connectivity index (χ2n) is 5.94. The first-order chi connectivity index (χ1) is 11.4. The van der Waals surface area contributed by atoms with E-state index >= 15 is 0 Å². The van der Waals surface area contributed by atoms with Crippen molar-refractivity contribution in [1.29, 1.82) is 0 Å². The summed E-state index contributed by atoms with van der Waals surface area (Å²) in [6.07, 6.45) is 3.37. The molecule has 2 N–H and O–H groups in total. The molecule has 2 atom stereocenters. The molecule has 2 rings (SSSR count). The van der Waals surface area contributed by atoms with Crippen LogP contribution < -0.4 is 10.6 Å². The van der Waals surface area contributed by atoms with Crippen LogP contribution in [0, 0.1) is 0 Å². The number of hydrogen-bond donors (Lipinski definition) is 2. The van der Waals surface area contributed by atoms with Gasteiger partial charge in [-0.3, -0.25) is 9.13 Å². The average molecular weight is 366 g/mol. The van der Waals surface area contributed by atoms with Crippen LogP contribution in [-0.4, -0.2) is 22.1 Å². The third kappa shape index (κ3) is 5.72. The van der Waals surface area contributed by atoms with Gasteiger partial charge < -0.3 is 9.79 Å². The Morgan fingerprint density at radius 3 is 1.25 bits per heavy atom. The van der Waals surface area contributed by atoms with Gasteiger partial charge in [-0.05, 0) is 37.1 Å². The highest BCUT2D eigenvalue weighted by Crippen LogP contribution is 2.41. The molecule has 0 aliphatic heterocycles. The minimum atomic E-state index is -3.28. The van der Waals surface area contributed by atoms with Crippen LogP contribution in [0.4, 0.5) is 0 Å². The Hall–Kier alpha value is -1.18. The van der Waals surface area contributed by atoms with Crippen molar-refractivity contribution in [2.75, 3.05) is 12.3 Å². The summed E-state index contributed by atoms with van der Waals surface area (Å²) in [6, 6.07) is 17.4. The number of hydrogen-bond acceptors (Lipinski definition) is 2. The van der Waals surface area contributed by atoms with Gasteiger partial charge in [0.15, 0.2) is 0 Å². The van der Waals surface area contributed by atoms with Crippen LogP contribution in [0.25, 0.3) is 0 Å². The first kappa shape index (κ1) is 19.1. The van der Waals surface area contributed by atoms with Crippen LogP contribution in [0.1, 0.15) is 25.7 Å². The van der Waals surface area contributed by atoms with Crippen molar-refractivity contribution in [2.24, 2.45) is 0 Å². The Kier molecular flexibility index (Phi) is 7.01. The van der Waals surface area contributed by atoms with E-state index in [4.69, 9.17) is 0 Å². The Morgan fingerprint density at radius 2 is 0.917 bits per heavy atom. The van der Waals surface area contributed by atoms with Crippen molar-refractivity contribution in [3.8, 4) is 0 Å². The fraction of sp³-hybridized carbons (Fsp3) is 0.333. The molecular weight excluding hydrogens is 342 g/mol. The summed E-state index contributed by atoms with van der Waals surface area (Å²) in [5.74, 6) is 0. The molecule has 0 fully saturated rings. The van der Waals surface area contributed by atoms with Crippen molar-refractivity contribution in [1.82, 2.24) is 0 Å². The molecule has 0 radical (unpaired) electrons. The molecule has 2 aromatic rings. The highest BCUT2D eigenvalue weighted by atomic mass is 31.2. The maximum atomic E-state index is 12.3. The van der Waals surface area contributed by atoms with Gasteiger partial charge in [-0.25, -0.2) is 0 Å². The topological polar surface area (TPSA) is 74.6 Å². The summed E-state index contributed by atoms with van der Waals surface area (Å²) >= 11 is 0. The summed E-state index contributed by atoms with van der Waals surface area (Å²) in [4.78, 5) is 20.2. The van der Waals surface area contributed by atoms with E-state index in [0.717, 1.165) is 12.8 Å². The second kappa shape index (κ2) is 8.78. The molecule has 6 heteroatoms. The smallest absolute Gasteiger partial charge is 0.229 e. The first-order valence-corrected chi connectivity index (χ1v) is 11.9. The zero-order chi connectivity index (χ0) is 17.5. The molecule has 130 valence electrons. The molecule has 4 nitrogen and oxygen atoms in total. The number of rotatable bonds is 9. The summed E-state index contributed by atoms with van der Waals surface area (Å²) in [5.41, 5.74) is 0. The lowest BCUT2D eigenvalue weighted by molar-refractivity contribution is 0.481. The quantitative estimate of drug-likeness (QED) is 0.524. The normalized spacial score (nSPS) is 16.2. The van der Waals surface area contributed by atoms with E-state index in [0.29, 0.717) is 23.5 Å². The van der Waals surface area contributed by atoms with Crippen LogP contribution >= 0.6 is 14.7 Å². The summed E-state index contributed by atoms with van der Waals surface area (Å²) in [5, 5.41) is 0.989. The third-order valence-electron chi connectivity index (χ3n) is 3.99. The van der Waals surface area contributed by atoms with E-state index in [-0.39, 0.29) is 12.3 Å². The van der Waals surface area contributed by atoms with Crippen LogP contribution in [-0.2, 0) is 9.13 Å². The Balaban J connectivity index is 1.70. The molecule has 2 aromatic carbocycles. The molecule has 2 unspecified atom stereocenters. The fourth-order valence-corrected chi connectivity index (χ4v) is 5.68. The molecule has 0 saturated carbocycles. The van der Waals surface area contributed by atoms with Crippen LogP contribution in [0.2, 0.25) is 0 Å². The summed E-state index contributed by atoms with van der Waals surface area (Å²) < 4.78 is 24.5. The molecule has 0 heterocycles. The van der Waals surface area contributed by atoms with Gasteiger partial charge >= 0.3 is 0 Å². The largest absolute Gasteiger partial charge is 0.341 e. The predicted octanol–water partition coefficient (Wildman–Crippen LogP) is 3.74. The second-order valence-corrected chi connectivity index (χ2v) is 10.7. The van der Waals surface area contributed by atoms with Gasteiger partial charge in [-0.15, -0.1) is 0 Å². The number of unbranched alkanes of at least 4 members (excludes halogenated alkanes) is 3. The van der Waals surface area contributed by atoms with Gasteiger partial charge in [-0.1, -0.05) is 49.2 Å². The molecule has 24 heavy (non-hydrogen) atoms. The maximum absolute atomic E-state index is 12.3. The third-order valence-corrected chi connectivity index (χ3v) is 8.05. The van der Waals surface area contributed by atoms with E-state index in [1.54, 1.807) is 48.5 Å². The molecule has 0 bridgehead atoms. The molecule has 0 amide bonds. The van der Waals surface area contributed by atoms with Crippen molar-refractivity contribution in [3.63, 3.8) is 0 Å². The van der Waals surface area contributed by atoms with E-state index in [9.17, 15) is 18.9 Å². The zero-order valence-electron chi connectivity index (χ0n) is 13.6. The van der Waals surface area contributed by atoms with Crippen molar-refractivity contribution >= 4 is 25.3 Å². The highest BCUT2D eigenvalue weighted by Gasteiger charge is 2.21. The molecule has 0 saturated heterocycles. The van der Waals surface area contributed by atoms with Crippen molar-refractivity contribution < 1.29 is 18.9 Å². The van der Waals surface area contributed by atoms with Gasteiger partial charge in [0.05, 0.1) is 0 Å². The van der Waals surface area contributed by atoms with E-state index in [1.807, 2.05) is 12.1 Å². The summed E-state index contributed by atoms with van der Waals surface area (Å²) in [6.45, 7) is 0. The predicted molar refractivity (Wildman–Crippen MR) is 100 cm³/mol. The molecule has 0 aliphatic carbocycles. The Labute approximate surface area is 143 Å². The van der Waals surface area contributed by atoms with Crippen molar-refractivity contribution in [2.45, 2.75) is 25.7 Å². The molecule has 0 aromatic heterocycles. The lowest BCUT2D eigenvalue weighted by atomic mass is 10.2. The fourth-order valence-electron chi connectivity index (χ4n) is 2.59. The summed E-state index contributed by atoms with van der Waals surface area (Å²) in [7, 11) is -6.56. The SMILES string of the molecule is O=P(O)(CCCCCCP(=O)(O)c1ccccc1)c1ccccc1. The minimum Gasteiger partial charge on any atom is -0.341 e. The van der Waals surface area contributed by atoms with E-state index in [1.165, 1.54) is 0 Å². The van der Waals surface area contributed by atoms with Gasteiger partial charge in [-0.2, -0.15) is 0 Å². The number of benzene rings is 2.